The van der Waals surface area contributed by atoms with Gasteiger partial charge in [-0.25, -0.2) is 9.97 Å². The first-order valence-electron chi connectivity index (χ1n) is 9.19. The van der Waals surface area contributed by atoms with Crippen LogP contribution in [0.15, 0.2) is 24.5 Å². The van der Waals surface area contributed by atoms with Gasteiger partial charge in [-0.3, -0.25) is 9.69 Å². The Morgan fingerprint density at radius 2 is 2.07 bits per heavy atom. The van der Waals surface area contributed by atoms with Crippen molar-refractivity contribution in [2.24, 2.45) is 0 Å². The standard InChI is InChI=1S/C19H20ClN5O2/c20-17-14-6-3-7-15(16(14)22-12-23-17)27-19(24-8-1-2-9-24)18(26)25-10-4-5-13(25)11-21/h3,6-7,12-13,19H,1-2,4-5,8-10H2. The maximum atomic E-state index is 13.3. The molecular weight excluding hydrogens is 366 g/mol. The van der Waals surface area contributed by atoms with Crippen molar-refractivity contribution in [1.29, 1.82) is 5.26 Å². The van der Waals surface area contributed by atoms with Crippen molar-refractivity contribution in [3.05, 3.63) is 29.7 Å². The first-order chi connectivity index (χ1) is 13.2. The van der Waals surface area contributed by atoms with Crippen LogP contribution < -0.4 is 4.74 Å². The minimum atomic E-state index is -0.763. The zero-order valence-electron chi connectivity index (χ0n) is 14.8. The van der Waals surface area contributed by atoms with E-state index in [4.69, 9.17) is 16.3 Å². The summed E-state index contributed by atoms with van der Waals surface area (Å²) >= 11 is 6.17. The Morgan fingerprint density at radius 3 is 2.85 bits per heavy atom. The summed E-state index contributed by atoms with van der Waals surface area (Å²) in [5, 5.41) is 10.4. The van der Waals surface area contributed by atoms with Gasteiger partial charge in [0.1, 0.15) is 28.8 Å². The van der Waals surface area contributed by atoms with E-state index in [0.29, 0.717) is 34.8 Å². The third-order valence-electron chi connectivity index (χ3n) is 5.19. The summed E-state index contributed by atoms with van der Waals surface area (Å²) in [4.78, 5) is 25.2. The number of fused-ring (bicyclic) bond motifs is 1. The molecule has 1 aromatic carbocycles. The van der Waals surface area contributed by atoms with Crippen molar-refractivity contribution in [1.82, 2.24) is 19.8 Å². The topological polar surface area (TPSA) is 82.3 Å². The molecule has 0 aliphatic carbocycles. The molecule has 0 radical (unpaired) electrons. The van der Waals surface area contributed by atoms with E-state index in [-0.39, 0.29) is 11.9 Å². The van der Waals surface area contributed by atoms with Gasteiger partial charge >= 0.3 is 0 Å². The monoisotopic (exact) mass is 385 g/mol. The van der Waals surface area contributed by atoms with Crippen LogP contribution in [0, 0.1) is 11.3 Å². The third kappa shape index (κ3) is 3.43. The molecule has 2 unspecified atom stereocenters. The molecule has 2 aliphatic rings. The fourth-order valence-corrected chi connectivity index (χ4v) is 4.00. The smallest absolute Gasteiger partial charge is 0.280 e. The molecule has 2 saturated heterocycles. The number of carbonyl (C=O) groups excluding carboxylic acids is 1. The van der Waals surface area contributed by atoms with Crippen LogP contribution in [0.25, 0.3) is 10.9 Å². The summed E-state index contributed by atoms with van der Waals surface area (Å²) in [5.74, 6) is 0.341. The number of likely N-dealkylation sites (tertiary alicyclic amines) is 2. The molecule has 8 heteroatoms. The van der Waals surface area contributed by atoms with Gasteiger partial charge in [-0.1, -0.05) is 17.7 Å². The number of rotatable bonds is 4. The van der Waals surface area contributed by atoms with Crippen LogP contribution in [-0.4, -0.2) is 57.6 Å². The number of hydrogen-bond acceptors (Lipinski definition) is 6. The van der Waals surface area contributed by atoms with Gasteiger partial charge in [-0.05, 0) is 37.8 Å². The molecule has 0 N–H and O–H groups in total. The predicted octanol–water partition coefficient (Wildman–Crippen LogP) is 2.60. The van der Waals surface area contributed by atoms with E-state index in [1.807, 2.05) is 17.0 Å². The van der Waals surface area contributed by atoms with Crippen LogP contribution in [0.3, 0.4) is 0 Å². The zero-order chi connectivity index (χ0) is 18.8. The zero-order valence-corrected chi connectivity index (χ0v) is 15.6. The van der Waals surface area contributed by atoms with Crippen molar-refractivity contribution in [2.45, 2.75) is 38.0 Å². The van der Waals surface area contributed by atoms with Gasteiger partial charge in [0.2, 0.25) is 6.23 Å². The number of nitriles is 1. The lowest BCUT2D eigenvalue weighted by molar-refractivity contribution is -0.147. The minimum Gasteiger partial charge on any atom is -0.463 e. The number of para-hydroxylation sites is 1. The molecule has 7 nitrogen and oxygen atoms in total. The van der Waals surface area contributed by atoms with Crippen LogP contribution >= 0.6 is 11.6 Å². The van der Waals surface area contributed by atoms with E-state index in [0.717, 1.165) is 32.4 Å². The van der Waals surface area contributed by atoms with E-state index in [1.165, 1.54) is 6.33 Å². The molecule has 140 valence electrons. The predicted molar refractivity (Wildman–Crippen MR) is 100 cm³/mol. The quantitative estimate of drug-likeness (QED) is 0.752. The number of halogens is 1. The van der Waals surface area contributed by atoms with E-state index in [9.17, 15) is 10.1 Å². The maximum absolute atomic E-state index is 13.3. The van der Waals surface area contributed by atoms with Crippen molar-refractivity contribution in [3.8, 4) is 11.8 Å². The van der Waals surface area contributed by atoms with E-state index in [1.54, 1.807) is 11.0 Å². The summed E-state index contributed by atoms with van der Waals surface area (Å²) in [6, 6.07) is 7.28. The highest BCUT2D eigenvalue weighted by atomic mass is 35.5. The molecule has 4 rings (SSSR count). The summed E-state index contributed by atoms with van der Waals surface area (Å²) < 4.78 is 6.21. The number of aromatic nitrogens is 2. The number of hydrogen-bond donors (Lipinski definition) is 0. The molecule has 2 aliphatic heterocycles. The summed E-state index contributed by atoms with van der Waals surface area (Å²) in [7, 11) is 0. The normalized spacial score (nSPS) is 21.3. The Kier molecular flexibility index (Phi) is 5.10. The van der Waals surface area contributed by atoms with Gasteiger partial charge < -0.3 is 9.64 Å². The van der Waals surface area contributed by atoms with Crippen molar-refractivity contribution in [3.63, 3.8) is 0 Å². The van der Waals surface area contributed by atoms with Gasteiger partial charge in [-0.2, -0.15) is 5.26 Å². The summed E-state index contributed by atoms with van der Waals surface area (Å²) in [6.07, 6.45) is 4.23. The molecule has 0 spiro atoms. The van der Waals surface area contributed by atoms with E-state index in [2.05, 4.69) is 16.0 Å². The first-order valence-corrected chi connectivity index (χ1v) is 9.57. The lowest BCUT2D eigenvalue weighted by Gasteiger charge is -2.31. The largest absolute Gasteiger partial charge is 0.463 e. The van der Waals surface area contributed by atoms with Gasteiger partial charge in [0, 0.05) is 25.0 Å². The van der Waals surface area contributed by atoms with E-state index < -0.39 is 6.23 Å². The third-order valence-corrected chi connectivity index (χ3v) is 5.49. The van der Waals surface area contributed by atoms with Gasteiger partial charge in [0.25, 0.3) is 5.91 Å². The van der Waals surface area contributed by atoms with Crippen molar-refractivity contribution in [2.75, 3.05) is 19.6 Å². The number of ether oxygens (including phenoxy) is 1. The van der Waals surface area contributed by atoms with Gasteiger partial charge in [-0.15, -0.1) is 0 Å². The number of amides is 1. The Bertz CT molecular complexity index is 893. The fourth-order valence-electron chi connectivity index (χ4n) is 3.81. The van der Waals surface area contributed by atoms with Gasteiger partial charge in [0.05, 0.1) is 6.07 Å². The molecule has 0 saturated carbocycles. The molecule has 2 fully saturated rings. The van der Waals surface area contributed by atoms with Gasteiger partial charge in [0.15, 0.2) is 0 Å². The second kappa shape index (κ2) is 7.67. The molecule has 1 amide bonds. The van der Waals surface area contributed by atoms with Crippen LogP contribution in [0.4, 0.5) is 0 Å². The molecular formula is C19H20ClN5O2. The highest BCUT2D eigenvalue weighted by Crippen LogP contribution is 2.30. The molecule has 2 atom stereocenters. The molecule has 0 bridgehead atoms. The Labute approximate surface area is 162 Å². The van der Waals surface area contributed by atoms with Crippen LogP contribution in [0.2, 0.25) is 5.15 Å². The van der Waals surface area contributed by atoms with Crippen LogP contribution in [0.1, 0.15) is 25.7 Å². The second-order valence-corrected chi connectivity index (χ2v) is 7.21. The van der Waals surface area contributed by atoms with Crippen LogP contribution in [-0.2, 0) is 4.79 Å². The Balaban J connectivity index is 1.67. The first kappa shape index (κ1) is 18.0. The highest BCUT2D eigenvalue weighted by Gasteiger charge is 2.38. The molecule has 3 heterocycles. The number of nitrogens with zero attached hydrogens (tertiary/aromatic N) is 5. The number of carbonyl (C=O) groups is 1. The highest BCUT2D eigenvalue weighted by molar-refractivity contribution is 6.34. The second-order valence-electron chi connectivity index (χ2n) is 6.85. The lowest BCUT2D eigenvalue weighted by atomic mass is 10.2. The average molecular weight is 386 g/mol. The van der Waals surface area contributed by atoms with Crippen molar-refractivity contribution < 1.29 is 9.53 Å². The fraction of sp³-hybridized carbons (Fsp3) is 0.474. The Morgan fingerprint density at radius 1 is 1.26 bits per heavy atom. The average Bonchev–Trinajstić information content (AvgIpc) is 3.37. The van der Waals surface area contributed by atoms with Crippen LogP contribution in [0.5, 0.6) is 5.75 Å². The summed E-state index contributed by atoms with van der Waals surface area (Å²) in [5.41, 5.74) is 0.577. The van der Waals surface area contributed by atoms with Crippen molar-refractivity contribution >= 4 is 28.4 Å². The van der Waals surface area contributed by atoms with E-state index >= 15 is 0 Å². The SMILES string of the molecule is N#CC1CCCN1C(=O)C(Oc1cccc2c(Cl)ncnc12)N1CCCC1. The molecule has 2 aromatic rings. The Hall–Kier alpha value is -2.43. The minimum absolute atomic E-state index is 0.155. The molecule has 1 aromatic heterocycles. The lowest BCUT2D eigenvalue weighted by Crippen LogP contribution is -2.52. The molecule has 27 heavy (non-hydrogen) atoms. The maximum Gasteiger partial charge on any atom is 0.280 e. The number of benzene rings is 1. The summed E-state index contributed by atoms with van der Waals surface area (Å²) in [6.45, 7) is 2.18.